The number of fused-ring (bicyclic) bond motifs is 1. The van der Waals surface area contributed by atoms with Gasteiger partial charge in [0, 0.05) is 12.6 Å². The second-order valence-electron chi connectivity index (χ2n) is 5.31. The van der Waals surface area contributed by atoms with Crippen LogP contribution in [0.25, 0.3) is 0 Å². The molecule has 2 aliphatic heterocycles. The van der Waals surface area contributed by atoms with Crippen LogP contribution in [0.3, 0.4) is 0 Å². The Bertz CT molecular complexity index is 472. The van der Waals surface area contributed by atoms with Gasteiger partial charge in [0.2, 0.25) is 12.5 Å². The van der Waals surface area contributed by atoms with Crippen LogP contribution in [-0.2, 0) is 0 Å². The first-order chi connectivity index (χ1) is 9.83. The Balaban J connectivity index is 1.91. The average Bonchev–Trinajstić information content (AvgIpc) is 2.97. The third-order valence-corrected chi connectivity index (χ3v) is 4.12. The molecule has 1 saturated heterocycles. The van der Waals surface area contributed by atoms with E-state index in [1.54, 1.807) is 7.11 Å². The summed E-state index contributed by atoms with van der Waals surface area (Å²) < 4.78 is 16.4. The summed E-state index contributed by atoms with van der Waals surface area (Å²) in [6, 6.07) is 4.29. The van der Waals surface area contributed by atoms with Gasteiger partial charge in [0.15, 0.2) is 11.5 Å². The molecule has 0 aromatic heterocycles. The molecular formula is C15H22N2O3. The molecule has 0 spiro atoms. The molecule has 1 unspecified atom stereocenters. The Kier molecular flexibility index (Phi) is 3.98. The van der Waals surface area contributed by atoms with Crippen LogP contribution in [0.4, 0.5) is 0 Å². The first-order valence-corrected chi connectivity index (χ1v) is 7.25. The number of nitrogens with zero attached hydrogens (tertiary/aromatic N) is 1. The quantitative estimate of drug-likeness (QED) is 0.911. The zero-order chi connectivity index (χ0) is 13.9. The van der Waals surface area contributed by atoms with Crippen molar-refractivity contribution >= 4 is 0 Å². The topological polar surface area (TPSA) is 57.0 Å². The minimum atomic E-state index is 0.221. The van der Waals surface area contributed by atoms with E-state index in [2.05, 4.69) is 4.90 Å². The first kappa shape index (κ1) is 13.5. The van der Waals surface area contributed by atoms with Gasteiger partial charge in [-0.1, -0.05) is 6.42 Å². The standard InChI is InChI=1S/C15H22N2O3/c1-18-13-7-11(8-14-15(13)20-10-19-14)12(9-16)17-5-3-2-4-6-17/h7-8,12H,2-6,9-10,16H2,1H3. The van der Waals surface area contributed by atoms with Gasteiger partial charge in [0.05, 0.1) is 7.11 Å². The molecule has 3 rings (SSSR count). The second kappa shape index (κ2) is 5.89. The van der Waals surface area contributed by atoms with Crippen LogP contribution in [0.5, 0.6) is 17.2 Å². The van der Waals surface area contributed by atoms with Gasteiger partial charge < -0.3 is 19.9 Å². The highest BCUT2D eigenvalue weighted by atomic mass is 16.7. The predicted octanol–water partition coefficient (Wildman–Crippen LogP) is 1.91. The van der Waals surface area contributed by atoms with Gasteiger partial charge in [0.25, 0.3) is 0 Å². The summed E-state index contributed by atoms with van der Waals surface area (Å²) in [5, 5.41) is 0. The van der Waals surface area contributed by atoms with Crippen molar-refractivity contribution < 1.29 is 14.2 Å². The summed E-state index contributed by atoms with van der Waals surface area (Å²) >= 11 is 0. The van der Waals surface area contributed by atoms with Crippen molar-refractivity contribution in [3.8, 4) is 17.2 Å². The van der Waals surface area contributed by atoms with Gasteiger partial charge >= 0.3 is 0 Å². The molecular weight excluding hydrogens is 256 g/mol. The van der Waals surface area contributed by atoms with Gasteiger partial charge in [-0.25, -0.2) is 0 Å². The Hall–Kier alpha value is -1.46. The monoisotopic (exact) mass is 278 g/mol. The van der Waals surface area contributed by atoms with Crippen molar-refractivity contribution in [2.24, 2.45) is 5.73 Å². The van der Waals surface area contributed by atoms with E-state index in [9.17, 15) is 0 Å². The van der Waals surface area contributed by atoms with Crippen LogP contribution in [0.2, 0.25) is 0 Å². The Labute approximate surface area is 119 Å². The molecule has 2 aliphatic rings. The van der Waals surface area contributed by atoms with Crippen molar-refractivity contribution in [2.45, 2.75) is 25.3 Å². The van der Waals surface area contributed by atoms with Crippen molar-refractivity contribution in [3.63, 3.8) is 0 Å². The van der Waals surface area contributed by atoms with Gasteiger partial charge in [0.1, 0.15) is 0 Å². The number of hydrogen-bond donors (Lipinski definition) is 1. The lowest BCUT2D eigenvalue weighted by atomic mass is 10.0. The van der Waals surface area contributed by atoms with Crippen LogP contribution in [0.1, 0.15) is 30.9 Å². The largest absolute Gasteiger partial charge is 0.493 e. The minimum Gasteiger partial charge on any atom is -0.493 e. The number of hydrogen-bond acceptors (Lipinski definition) is 5. The molecule has 0 amide bonds. The van der Waals surface area contributed by atoms with Gasteiger partial charge in [-0.2, -0.15) is 0 Å². The van der Waals surface area contributed by atoms with Crippen LogP contribution >= 0.6 is 0 Å². The number of piperidine rings is 1. The Morgan fingerprint density at radius 3 is 2.75 bits per heavy atom. The van der Waals surface area contributed by atoms with Crippen LogP contribution < -0.4 is 19.9 Å². The molecule has 2 heterocycles. The SMILES string of the molecule is COc1cc(C(CN)N2CCCCC2)cc2c1OCO2. The van der Waals surface area contributed by atoms with Gasteiger partial charge in [-0.15, -0.1) is 0 Å². The second-order valence-corrected chi connectivity index (χ2v) is 5.31. The van der Waals surface area contributed by atoms with Crippen molar-refractivity contribution in [1.82, 2.24) is 4.90 Å². The first-order valence-electron chi connectivity index (χ1n) is 7.25. The Morgan fingerprint density at radius 2 is 2.05 bits per heavy atom. The smallest absolute Gasteiger partial charge is 0.231 e. The van der Waals surface area contributed by atoms with Crippen LogP contribution in [0, 0.1) is 0 Å². The minimum absolute atomic E-state index is 0.221. The number of benzene rings is 1. The molecule has 5 heteroatoms. The molecule has 1 atom stereocenters. The van der Waals surface area contributed by atoms with Crippen LogP contribution in [0.15, 0.2) is 12.1 Å². The van der Waals surface area contributed by atoms with Crippen molar-refractivity contribution in [2.75, 3.05) is 33.5 Å². The summed E-state index contributed by atoms with van der Waals surface area (Å²) in [6.45, 7) is 3.08. The molecule has 2 N–H and O–H groups in total. The van der Waals surface area contributed by atoms with Crippen molar-refractivity contribution in [3.05, 3.63) is 17.7 Å². The molecule has 0 radical (unpaired) electrons. The fourth-order valence-electron chi connectivity index (χ4n) is 3.07. The molecule has 0 bridgehead atoms. The summed E-state index contributed by atoms with van der Waals surface area (Å²) in [5.74, 6) is 2.19. The lowest BCUT2D eigenvalue weighted by molar-refractivity contribution is 0.166. The molecule has 0 saturated carbocycles. The lowest BCUT2D eigenvalue weighted by Crippen LogP contribution is -2.37. The average molecular weight is 278 g/mol. The summed E-state index contributed by atoms with van der Waals surface area (Å²) in [7, 11) is 1.65. The molecule has 1 aromatic rings. The van der Waals surface area contributed by atoms with E-state index in [-0.39, 0.29) is 12.8 Å². The summed E-state index contributed by atoms with van der Waals surface area (Å²) in [4.78, 5) is 2.46. The molecule has 5 nitrogen and oxygen atoms in total. The summed E-state index contributed by atoms with van der Waals surface area (Å²) in [5.41, 5.74) is 7.17. The van der Waals surface area contributed by atoms with Gasteiger partial charge in [-0.05, 0) is 43.6 Å². The number of methoxy groups -OCH3 is 1. The third kappa shape index (κ3) is 2.43. The molecule has 1 fully saturated rings. The Morgan fingerprint density at radius 1 is 1.25 bits per heavy atom. The number of likely N-dealkylation sites (tertiary alicyclic amines) is 1. The number of rotatable bonds is 4. The molecule has 0 aliphatic carbocycles. The number of nitrogens with two attached hydrogens (primary N) is 1. The summed E-state index contributed by atoms with van der Waals surface area (Å²) in [6.07, 6.45) is 3.81. The third-order valence-electron chi connectivity index (χ3n) is 4.12. The lowest BCUT2D eigenvalue weighted by Gasteiger charge is -2.34. The maximum absolute atomic E-state index is 6.02. The zero-order valence-corrected chi connectivity index (χ0v) is 11.9. The molecule has 1 aromatic carbocycles. The van der Waals surface area contributed by atoms with E-state index >= 15 is 0 Å². The van der Waals surface area contributed by atoms with Crippen molar-refractivity contribution in [1.29, 1.82) is 0 Å². The molecule has 20 heavy (non-hydrogen) atoms. The normalized spacial score (nSPS) is 19.9. The molecule has 110 valence electrons. The van der Waals surface area contributed by atoms with Gasteiger partial charge in [-0.3, -0.25) is 4.90 Å². The fraction of sp³-hybridized carbons (Fsp3) is 0.600. The highest BCUT2D eigenvalue weighted by Crippen LogP contribution is 2.43. The van der Waals surface area contributed by atoms with E-state index in [1.807, 2.05) is 12.1 Å². The number of ether oxygens (including phenoxy) is 3. The van der Waals surface area contributed by atoms with E-state index in [1.165, 1.54) is 19.3 Å². The van der Waals surface area contributed by atoms with E-state index in [0.717, 1.165) is 30.2 Å². The highest BCUT2D eigenvalue weighted by molar-refractivity contribution is 5.55. The zero-order valence-electron chi connectivity index (χ0n) is 11.9. The van der Waals surface area contributed by atoms with Crippen LogP contribution in [-0.4, -0.2) is 38.4 Å². The maximum atomic E-state index is 6.02. The fourth-order valence-corrected chi connectivity index (χ4v) is 3.07. The van der Waals surface area contributed by atoms with E-state index < -0.39 is 0 Å². The predicted molar refractivity (Wildman–Crippen MR) is 76.3 cm³/mol. The maximum Gasteiger partial charge on any atom is 0.231 e. The van der Waals surface area contributed by atoms with E-state index in [4.69, 9.17) is 19.9 Å². The van der Waals surface area contributed by atoms with E-state index in [0.29, 0.717) is 12.3 Å². The highest BCUT2D eigenvalue weighted by Gasteiger charge is 2.26.